The molecule has 31 heavy (non-hydrogen) atoms. The van der Waals surface area contributed by atoms with E-state index in [1.165, 1.54) is 10.6 Å². The van der Waals surface area contributed by atoms with Gasteiger partial charge >= 0.3 is 6.18 Å². The van der Waals surface area contributed by atoms with Gasteiger partial charge in [0.15, 0.2) is 17.2 Å². The van der Waals surface area contributed by atoms with Crippen LogP contribution in [0.25, 0.3) is 17.2 Å². The fourth-order valence-electron chi connectivity index (χ4n) is 3.45. The van der Waals surface area contributed by atoms with Crippen LogP contribution in [0.5, 0.6) is 0 Å². The number of hydrogen-bond donors (Lipinski definition) is 0. The number of anilines is 1. The third-order valence-electron chi connectivity index (χ3n) is 4.96. The van der Waals surface area contributed by atoms with Gasteiger partial charge < -0.3 is 9.64 Å². The molecule has 158 valence electrons. The summed E-state index contributed by atoms with van der Waals surface area (Å²) in [7, 11) is 0. The van der Waals surface area contributed by atoms with Crippen LogP contribution in [0.1, 0.15) is 17.5 Å². The Morgan fingerprint density at radius 3 is 2.71 bits per heavy atom. The Bertz CT molecular complexity index is 1210. The van der Waals surface area contributed by atoms with Gasteiger partial charge in [-0.15, -0.1) is 0 Å². The number of fused-ring (bicyclic) bond motifs is 1. The lowest BCUT2D eigenvalue weighted by Gasteiger charge is -2.33. The van der Waals surface area contributed by atoms with Crippen LogP contribution in [-0.2, 0) is 10.9 Å². The average Bonchev–Trinajstić information content (AvgIpc) is 3.23. The Morgan fingerprint density at radius 2 is 1.90 bits per heavy atom. The zero-order chi connectivity index (χ0) is 21.4. The van der Waals surface area contributed by atoms with Gasteiger partial charge in [-0.3, -0.25) is 9.38 Å². The molecule has 1 atom stereocenters. The summed E-state index contributed by atoms with van der Waals surface area (Å²) in [4.78, 5) is 22.8. The van der Waals surface area contributed by atoms with Crippen LogP contribution in [0.15, 0.2) is 55.2 Å². The van der Waals surface area contributed by atoms with Crippen molar-refractivity contribution in [2.24, 2.45) is 0 Å². The van der Waals surface area contributed by atoms with E-state index in [9.17, 15) is 13.2 Å². The minimum Gasteiger partial charge on any atom is -0.368 e. The Balaban J connectivity index is 1.47. The molecule has 5 heterocycles. The predicted molar refractivity (Wildman–Crippen MR) is 104 cm³/mol. The largest absolute Gasteiger partial charge is 0.434 e. The van der Waals surface area contributed by atoms with Crippen LogP contribution in [0.4, 0.5) is 19.0 Å². The molecule has 11 heteroatoms. The van der Waals surface area contributed by atoms with Gasteiger partial charge in [0.05, 0.1) is 31.2 Å². The minimum absolute atomic E-state index is 0.204. The van der Waals surface area contributed by atoms with E-state index in [0.29, 0.717) is 31.2 Å². The number of halogens is 3. The van der Waals surface area contributed by atoms with E-state index < -0.39 is 11.9 Å². The number of pyridine rings is 1. The summed E-state index contributed by atoms with van der Waals surface area (Å²) >= 11 is 0. The van der Waals surface area contributed by atoms with Crippen LogP contribution < -0.4 is 4.90 Å². The predicted octanol–water partition coefficient (Wildman–Crippen LogP) is 3.18. The first-order valence-corrected chi connectivity index (χ1v) is 9.50. The summed E-state index contributed by atoms with van der Waals surface area (Å²) < 4.78 is 46.4. The van der Waals surface area contributed by atoms with Crippen molar-refractivity contribution >= 4 is 11.5 Å². The second kappa shape index (κ2) is 7.58. The summed E-state index contributed by atoms with van der Waals surface area (Å²) in [5.41, 5.74) is 0.440. The van der Waals surface area contributed by atoms with E-state index in [4.69, 9.17) is 4.74 Å². The van der Waals surface area contributed by atoms with E-state index in [2.05, 4.69) is 24.9 Å². The van der Waals surface area contributed by atoms with Gasteiger partial charge in [-0.25, -0.2) is 19.9 Å². The number of nitrogens with zero attached hydrogens (tertiary/aromatic N) is 7. The zero-order valence-corrected chi connectivity index (χ0v) is 16.1. The monoisotopic (exact) mass is 427 g/mol. The first kappa shape index (κ1) is 19.4. The van der Waals surface area contributed by atoms with Crippen molar-refractivity contribution in [1.82, 2.24) is 29.3 Å². The number of rotatable bonds is 3. The summed E-state index contributed by atoms with van der Waals surface area (Å²) in [5.74, 6) is 0.916. The zero-order valence-electron chi connectivity index (χ0n) is 16.1. The van der Waals surface area contributed by atoms with Gasteiger partial charge in [0.2, 0.25) is 0 Å². The van der Waals surface area contributed by atoms with Crippen LogP contribution in [-0.4, -0.2) is 49.0 Å². The molecule has 1 aliphatic heterocycles. The summed E-state index contributed by atoms with van der Waals surface area (Å²) in [5, 5.41) is 0. The highest BCUT2D eigenvalue weighted by Crippen LogP contribution is 2.29. The van der Waals surface area contributed by atoms with Crippen molar-refractivity contribution in [3.63, 3.8) is 0 Å². The highest BCUT2D eigenvalue weighted by molar-refractivity contribution is 5.58. The molecule has 1 saturated heterocycles. The summed E-state index contributed by atoms with van der Waals surface area (Å²) in [6.45, 7) is 1.66. The fourth-order valence-corrected chi connectivity index (χ4v) is 3.45. The third kappa shape index (κ3) is 3.79. The molecule has 0 aromatic carbocycles. The molecular formula is C20H16F3N7O. The topological polar surface area (TPSA) is 81.3 Å². The van der Waals surface area contributed by atoms with Crippen molar-refractivity contribution in [2.75, 3.05) is 24.6 Å². The van der Waals surface area contributed by atoms with Crippen LogP contribution in [0, 0.1) is 0 Å². The molecule has 0 radical (unpaired) electrons. The van der Waals surface area contributed by atoms with Gasteiger partial charge in [-0.2, -0.15) is 13.2 Å². The van der Waals surface area contributed by atoms with Crippen molar-refractivity contribution in [3.8, 4) is 11.5 Å². The molecule has 5 rings (SSSR count). The molecule has 4 aromatic rings. The Kier molecular flexibility index (Phi) is 4.74. The molecule has 0 aliphatic carbocycles. The molecule has 1 aliphatic rings. The maximum absolute atomic E-state index is 13.1. The van der Waals surface area contributed by atoms with Crippen molar-refractivity contribution in [3.05, 3.63) is 66.6 Å². The van der Waals surface area contributed by atoms with E-state index in [-0.39, 0.29) is 17.6 Å². The molecule has 1 fully saturated rings. The normalized spacial score (nSPS) is 17.3. The maximum Gasteiger partial charge on any atom is 0.434 e. The standard InChI is InChI=1S/C20H16F3N7O/c21-20(22,23)16-12-30-14(9-27-18(30)10-26-16)19-25-6-4-17(28-19)29-7-8-31-15(11-29)13-3-1-2-5-24-13/h1-6,9-10,12,15H,7-8,11H2/t15-/m1/s1. The highest BCUT2D eigenvalue weighted by atomic mass is 19.4. The second-order valence-corrected chi connectivity index (χ2v) is 6.94. The summed E-state index contributed by atoms with van der Waals surface area (Å²) in [6.07, 6.45) is 1.95. The number of aromatic nitrogens is 6. The quantitative estimate of drug-likeness (QED) is 0.497. The van der Waals surface area contributed by atoms with E-state index in [1.54, 1.807) is 18.5 Å². The molecule has 0 N–H and O–H groups in total. The smallest absolute Gasteiger partial charge is 0.368 e. The maximum atomic E-state index is 13.1. The molecule has 8 nitrogen and oxygen atoms in total. The van der Waals surface area contributed by atoms with Crippen molar-refractivity contribution in [1.29, 1.82) is 0 Å². The minimum atomic E-state index is -4.56. The van der Waals surface area contributed by atoms with E-state index in [1.807, 2.05) is 23.1 Å². The Morgan fingerprint density at radius 1 is 1.00 bits per heavy atom. The van der Waals surface area contributed by atoms with Gasteiger partial charge in [0.25, 0.3) is 0 Å². The van der Waals surface area contributed by atoms with Crippen molar-refractivity contribution in [2.45, 2.75) is 12.3 Å². The van der Waals surface area contributed by atoms with Gasteiger partial charge in [0.1, 0.15) is 17.6 Å². The molecule has 0 unspecified atom stereocenters. The lowest BCUT2D eigenvalue weighted by molar-refractivity contribution is -0.141. The number of morpholine rings is 1. The lowest BCUT2D eigenvalue weighted by atomic mass is 10.2. The van der Waals surface area contributed by atoms with Crippen LogP contribution >= 0.6 is 0 Å². The van der Waals surface area contributed by atoms with Crippen LogP contribution in [0.3, 0.4) is 0 Å². The Labute approximate surface area is 174 Å². The first-order valence-electron chi connectivity index (χ1n) is 9.50. The number of ether oxygens (including phenoxy) is 1. The summed E-state index contributed by atoms with van der Waals surface area (Å²) in [6, 6.07) is 7.42. The number of hydrogen-bond acceptors (Lipinski definition) is 7. The number of alkyl halides is 3. The van der Waals surface area contributed by atoms with Crippen molar-refractivity contribution < 1.29 is 17.9 Å². The van der Waals surface area contributed by atoms with E-state index in [0.717, 1.165) is 18.1 Å². The Hall–Kier alpha value is -3.60. The van der Waals surface area contributed by atoms with Gasteiger partial charge in [-0.1, -0.05) is 6.07 Å². The number of imidazole rings is 1. The third-order valence-corrected chi connectivity index (χ3v) is 4.96. The molecular weight excluding hydrogens is 411 g/mol. The molecule has 0 spiro atoms. The van der Waals surface area contributed by atoms with E-state index >= 15 is 0 Å². The second-order valence-electron chi connectivity index (χ2n) is 6.94. The van der Waals surface area contributed by atoms with Crippen LogP contribution in [0.2, 0.25) is 0 Å². The first-order chi connectivity index (χ1) is 15.0. The molecule has 0 amide bonds. The molecule has 4 aromatic heterocycles. The lowest BCUT2D eigenvalue weighted by Crippen LogP contribution is -2.39. The van der Waals surface area contributed by atoms with Gasteiger partial charge in [0, 0.05) is 25.1 Å². The highest BCUT2D eigenvalue weighted by Gasteiger charge is 2.33. The fraction of sp³-hybridized carbons (Fsp3) is 0.250. The SMILES string of the molecule is FC(F)(F)c1cn2c(-c3nccc(N4CCO[C@@H](c5ccccn5)C4)n3)cnc2cn1. The average molecular weight is 427 g/mol. The molecule has 0 saturated carbocycles. The van der Waals surface area contributed by atoms with Gasteiger partial charge in [-0.05, 0) is 18.2 Å². The molecule has 0 bridgehead atoms.